The van der Waals surface area contributed by atoms with Crippen molar-refractivity contribution < 1.29 is 4.74 Å². The third kappa shape index (κ3) is 3.34. The number of aromatic nitrogens is 3. The first-order chi connectivity index (χ1) is 12.0. The highest BCUT2D eigenvalue weighted by atomic mass is 35.5. The Labute approximate surface area is 148 Å². The van der Waals surface area contributed by atoms with Crippen molar-refractivity contribution in [3.8, 4) is 22.9 Å². The van der Waals surface area contributed by atoms with Crippen molar-refractivity contribution in [2.75, 3.05) is 0 Å². The van der Waals surface area contributed by atoms with Crippen LogP contribution in [0.15, 0.2) is 52.2 Å². The zero-order valence-electron chi connectivity index (χ0n) is 13.7. The topological polar surface area (TPSA) is 77.0 Å². The van der Waals surface area contributed by atoms with E-state index in [2.05, 4.69) is 9.97 Å². The molecule has 0 unspecified atom stereocenters. The first-order valence-electron chi connectivity index (χ1n) is 7.72. The summed E-state index contributed by atoms with van der Waals surface area (Å²) in [6.45, 7) is 1.87. The summed E-state index contributed by atoms with van der Waals surface area (Å²) < 4.78 is 7.09. The summed E-state index contributed by atoms with van der Waals surface area (Å²) in [4.78, 5) is 30.4. The first kappa shape index (κ1) is 17.0. The second-order valence-electron chi connectivity index (χ2n) is 5.42. The van der Waals surface area contributed by atoms with Crippen LogP contribution in [0.5, 0.6) is 11.6 Å². The van der Waals surface area contributed by atoms with Crippen LogP contribution in [-0.4, -0.2) is 14.5 Å². The van der Waals surface area contributed by atoms with E-state index < -0.39 is 5.69 Å². The smallest absolute Gasteiger partial charge is 0.328 e. The Morgan fingerprint density at radius 1 is 1.20 bits per heavy atom. The highest BCUT2D eigenvalue weighted by Gasteiger charge is 2.13. The molecule has 0 fully saturated rings. The average molecular weight is 358 g/mol. The molecule has 7 heteroatoms. The van der Waals surface area contributed by atoms with Crippen LogP contribution in [0.25, 0.3) is 11.3 Å². The SMILES string of the molecule is CCc1c(-c2ccc(Oc3ncccc3Cl)cc2)n(C)c(=O)[nH]c1=O. The molecule has 0 bridgehead atoms. The number of nitrogens with one attached hydrogen (secondary N) is 1. The molecule has 0 radical (unpaired) electrons. The molecule has 6 nitrogen and oxygen atoms in total. The fourth-order valence-electron chi connectivity index (χ4n) is 2.60. The predicted octanol–water partition coefficient (Wildman–Crippen LogP) is 3.14. The first-order valence-corrected chi connectivity index (χ1v) is 8.10. The summed E-state index contributed by atoms with van der Waals surface area (Å²) in [5.74, 6) is 0.868. The highest BCUT2D eigenvalue weighted by Crippen LogP contribution is 2.28. The molecule has 1 N–H and O–H groups in total. The van der Waals surface area contributed by atoms with Gasteiger partial charge in [0, 0.05) is 18.8 Å². The lowest BCUT2D eigenvalue weighted by Crippen LogP contribution is -2.32. The summed E-state index contributed by atoms with van der Waals surface area (Å²) in [6, 6.07) is 10.5. The maximum Gasteiger partial charge on any atom is 0.328 e. The van der Waals surface area contributed by atoms with Crippen LogP contribution >= 0.6 is 11.6 Å². The molecule has 0 aliphatic carbocycles. The molecule has 128 valence electrons. The van der Waals surface area contributed by atoms with Gasteiger partial charge in [-0.1, -0.05) is 18.5 Å². The van der Waals surface area contributed by atoms with Crippen LogP contribution in [-0.2, 0) is 13.5 Å². The summed E-state index contributed by atoms with van der Waals surface area (Å²) in [5.41, 5.74) is 1.10. The standard InChI is InChI=1S/C18H16ClN3O3/c1-3-13-15(22(2)18(24)21-16(13)23)11-6-8-12(9-7-11)25-17-14(19)5-4-10-20-17/h4-10H,3H2,1-2H3,(H,21,23,24). The van der Waals surface area contributed by atoms with Crippen molar-refractivity contribution >= 4 is 11.6 Å². The second kappa shape index (κ2) is 6.94. The van der Waals surface area contributed by atoms with E-state index in [0.717, 1.165) is 5.56 Å². The zero-order valence-corrected chi connectivity index (χ0v) is 14.5. The van der Waals surface area contributed by atoms with E-state index in [4.69, 9.17) is 16.3 Å². The quantitative estimate of drug-likeness (QED) is 0.778. The van der Waals surface area contributed by atoms with Crippen molar-refractivity contribution in [1.29, 1.82) is 0 Å². The molecule has 0 amide bonds. The van der Waals surface area contributed by atoms with Gasteiger partial charge in [-0.3, -0.25) is 14.3 Å². The van der Waals surface area contributed by atoms with Gasteiger partial charge >= 0.3 is 5.69 Å². The lowest BCUT2D eigenvalue weighted by Gasteiger charge is -2.13. The Hall–Kier alpha value is -2.86. The Balaban J connectivity index is 2.00. The predicted molar refractivity (Wildman–Crippen MR) is 96.4 cm³/mol. The van der Waals surface area contributed by atoms with E-state index in [1.54, 1.807) is 49.6 Å². The molecule has 0 saturated heterocycles. The summed E-state index contributed by atoms with van der Waals surface area (Å²) in [7, 11) is 1.63. The van der Waals surface area contributed by atoms with Gasteiger partial charge in [0.2, 0.25) is 5.88 Å². The number of H-pyrrole nitrogens is 1. The van der Waals surface area contributed by atoms with E-state index in [1.165, 1.54) is 4.57 Å². The maximum absolute atomic E-state index is 12.0. The highest BCUT2D eigenvalue weighted by molar-refractivity contribution is 6.31. The van der Waals surface area contributed by atoms with E-state index >= 15 is 0 Å². The maximum atomic E-state index is 12.0. The van der Waals surface area contributed by atoms with Gasteiger partial charge in [0.15, 0.2) is 0 Å². The van der Waals surface area contributed by atoms with Crippen molar-refractivity contribution in [3.63, 3.8) is 0 Å². The lowest BCUT2D eigenvalue weighted by atomic mass is 10.0. The minimum atomic E-state index is -0.446. The fourth-order valence-corrected chi connectivity index (χ4v) is 2.76. The number of aromatic amines is 1. The number of benzene rings is 1. The molecule has 0 saturated carbocycles. The number of pyridine rings is 1. The molecule has 3 aromatic rings. The molecular weight excluding hydrogens is 342 g/mol. The van der Waals surface area contributed by atoms with Crippen molar-refractivity contribution in [1.82, 2.24) is 14.5 Å². The van der Waals surface area contributed by atoms with E-state index in [1.807, 2.05) is 6.92 Å². The van der Waals surface area contributed by atoms with Gasteiger partial charge in [0.05, 0.1) is 5.69 Å². The Morgan fingerprint density at radius 2 is 1.92 bits per heavy atom. The van der Waals surface area contributed by atoms with Crippen LogP contribution in [0, 0.1) is 0 Å². The number of hydrogen-bond acceptors (Lipinski definition) is 4. The van der Waals surface area contributed by atoms with Gasteiger partial charge in [-0.2, -0.15) is 0 Å². The van der Waals surface area contributed by atoms with Crippen molar-refractivity contribution in [3.05, 3.63) is 74.0 Å². The zero-order chi connectivity index (χ0) is 18.0. The fraction of sp³-hybridized carbons (Fsp3) is 0.167. The lowest BCUT2D eigenvalue weighted by molar-refractivity contribution is 0.463. The van der Waals surface area contributed by atoms with Gasteiger partial charge in [-0.15, -0.1) is 0 Å². The number of nitrogens with zero attached hydrogens (tertiary/aromatic N) is 2. The Kier molecular flexibility index (Phi) is 4.72. The number of hydrogen-bond donors (Lipinski definition) is 1. The minimum Gasteiger partial charge on any atom is -0.438 e. The Bertz CT molecular complexity index is 1020. The molecule has 2 aromatic heterocycles. The van der Waals surface area contributed by atoms with Gasteiger partial charge in [0.1, 0.15) is 10.8 Å². The molecule has 3 rings (SSSR count). The molecule has 1 aromatic carbocycles. The normalized spacial score (nSPS) is 10.7. The largest absolute Gasteiger partial charge is 0.438 e. The van der Waals surface area contributed by atoms with Crippen molar-refractivity contribution in [2.24, 2.45) is 7.05 Å². The average Bonchev–Trinajstić information content (AvgIpc) is 2.61. The number of rotatable bonds is 4. The van der Waals surface area contributed by atoms with Crippen molar-refractivity contribution in [2.45, 2.75) is 13.3 Å². The monoisotopic (exact) mass is 357 g/mol. The van der Waals surface area contributed by atoms with Crippen LogP contribution in [0.2, 0.25) is 5.02 Å². The molecule has 25 heavy (non-hydrogen) atoms. The molecule has 0 atom stereocenters. The third-order valence-corrected chi connectivity index (χ3v) is 4.13. The summed E-state index contributed by atoms with van der Waals surface area (Å²) >= 11 is 6.03. The summed E-state index contributed by atoms with van der Waals surface area (Å²) in [6.07, 6.45) is 2.11. The van der Waals surface area contributed by atoms with Gasteiger partial charge in [0.25, 0.3) is 5.56 Å². The minimum absolute atomic E-state index is 0.315. The van der Waals surface area contributed by atoms with E-state index in [9.17, 15) is 9.59 Å². The van der Waals surface area contributed by atoms with Gasteiger partial charge in [-0.05, 0) is 48.4 Å². The molecule has 0 aliphatic heterocycles. The number of ether oxygens (including phenoxy) is 1. The number of halogens is 1. The van der Waals surface area contributed by atoms with Crippen LogP contribution in [0.4, 0.5) is 0 Å². The second-order valence-corrected chi connectivity index (χ2v) is 5.82. The third-order valence-electron chi connectivity index (χ3n) is 3.84. The van der Waals surface area contributed by atoms with Crippen LogP contribution in [0.1, 0.15) is 12.5 Å². The van der Waals surface area contributed by atoms with Crippen LogP contribution in [0.3, 0.4) is 0 Å². The molecule has 2 heterocycles. The molecule has 0 aliphatic rings. The van der Waals surface area contributed by atoms with E-state index in [-0.39, 0.29) is 5.56 Å². The van der Waals surface area contributed by atoms with Gasteiger partial charge in [-0.25, -0.2) is 9.78 Å². The van der Waals surface area contributed by atoms with Gasteiger partial charge < -0.3 is 4.74 Å². The molecule has 0 spiro atoms. The molecular formula is C18H16ClN3O3. The summed E-state index contributed by atoms with van der Waals surface area (Å²) in [5, 5.41) is 0.414. The Morgan fingerprint density at radius 3 is 2.56 bits per heavy atom. The van der Waals surface area contributed by atoms with Crippen LogP contribution < -0.4 is 16.0 Å². The van der Waals surface area contributed by atoms with E-state index in [0.29, 0.717) is 34.3 Å².